The average Bonchev–Trinajstić information content (AvgIpc) is 2.78. The number of fused-ring (bicyclic) bond motifs is 1. The summed E-state index contributed by atoms with van der Waals surface area (Å²) in [6, 6.07) is 24.8. The van der Waals surface area contributed by atoms with Crippen molar-refractivity contribution in [2.24, 2.45) is 0 Å². The molecule has 0 heterocycles. The van der Waals surface area contributed by atoms with E-state index in [-0.39, 0.29) is 5.02 Å². The van der Waals surface area contributed by atoms with Crippen LogP contribution in [0, 0.1) is 5.82 Å². The van der Waals surface area contributed by atoms with Crippen LogP contribution in [0.2, 0.25) is 5.02 Å². The first-order valence-electron chi connectivity index (χ1n) is 9.59. The molecule has 0 atom stereocenters. The van der Waals surface area contributed by atoms with Crippen molar-refractivity contribution in [2.45, 2.75) is 13.2 Å². The predicted molar refractivity (Wildman–Crippen MR) is 120 cm³/mol. The number of hydrogen-bond donors (Lipinski definition) is 1. The van der Waals surface area contributed by atoms with Gasteiger partial charge in [-0.05, 0) is 52.2 Å². The number of rotatable bonds is 7. The largest absolute Gasteiger partial charge is 0.493 e. The summed E-state index contributed by atoms with van der Waals surface area (Å²) in [5, 5.41) is 5.69. The lowest BCUT2D eigenvalue weighted by Crippen LogP contribution is -2.02. The molecule has 30 heavy (non-hydrogen) atoms. The third kappa shape index (κ3) is 4.50. The van der Waals surface area contributed by atoms with Gasteiger partial charge in [0.25, 0.3) is 0 Å². The van der Waals surface area contributed by atoms with Crippen LogP contribution in [0.4, 0.5) is 10.1 Å². The molecule has 0 radical (unpaired) electrons. The van der Waals surface area contributed by atoms with Gasteiger partial charge in [-0.15, -0.1) is 0 Å². The fourth-order valence-electron chi connectivity index (χ4n) is 3.33. The molecule has 0 aromatic heterocycles. The Hall–Kier alpha value is -3.24. The van der Waals surface area contributed by atoms with Crippen LogP contribution in [0.25, 0.3) is 10.8 Å². The first kappa shape index (κ1) is 20.0. The second-order valence-electron chi connectivity index (χ2n) is 6.89. The molecule has 1 N–H and O–H groups in total. The fraction of sp³-hybridized carbons (Fsp3) is 0.120. The molecule has 0 saturated carbocycles. The van der Waals surface area contributed by atoms with Crippen molar-refractivity contribution < 1.29 is 13.9 Å². The molecule has 0 amide bonds. The predicted octanol–water partition coefficient (Wildman–Crippen LogP) is 6.83. The molecule has 4 aromatic rings. The van der Waals surface area contributed by atoms with E-state index >= 15 is 0 Å². The van der Waals surface area contributed by atoms with E-state index in [0.29, 0.717) is 24.7 Å². The van der Waals surface area contributed by atoms with Crippen molar-refractivity contribution in [3.05, 3.63) is 101 Å². The normalized spacial score (nSPS) is 10.8. The zero-order valence-electron chi connectivity index (χ0n) is 16.5. The second kappa shape index (κ2) is 9.06. The quantitative estimate of drug-likeness (QED) is 0.354. The molecule has 4 aromatic carbocycles. The zero-order chi connectivity index (χ0) is 20.9. The van der Waals surface area contributed by atoms with Crippen molar-refractivity contribution in [3.63, 3.8) is 0 Å². The van der Waals surface area contributed by atoms with Crippen LogP contribution in [0.3, 0.4) is 0 Å². The fourth-order valence-corrected chi connectivity index (χ4v) is 3.51. The third-order valence-corrected chi connectivity index (χ3v) is 5.20. The molecule has 0 saturated heterocycles. The second-order valence-corrected chi connectivity index (χ2v) is 7.30. The van der Waals surface area contributed by atoms with Crippen LogP contribution in [0.5, 0.6) is 11.5 Å². The molecular formula is C25H21ClFNO2. The third-order valence-electron chi connectivity index (χ3n) is 4.91. The van der Waals surface area contributed by atoms with Gasteiger partial charge in [-0.2, -0.15) is 0 Å². The van der Waals surface area contributed by atoms with Crippen LogP contribution in [-0.2, 0) is 13.2 Å². The summed E-state index contributed by atoms with van der Waals surface area (Å²) in [5.41, 5.74) is 2.87. The van der Waals surface area contributed by atoms with Crippen molar-refractivity contribution >= 4 is 28.1 Å². The standard InChI is InChI=1S/C25H21ClFNO2/c1-29-25-13-17(15-28-20-10-11-23(27)22(26)14-20)9-12-24(25)30-16-19-7-4-6-18-5-2-3-8-21(18)19/h2-14,28H,15-16H2,1H3. The van der Waals surface area contributed by atoms with Gasteiger partial charge < -0.3 is 14.8 Å². The number of methoxy groups -OCH3 is 1. The highest BCUT2D eigenvalue weighted by Gasteiger charge is 2.08. The van der Waals surface area contributed by atoms with E-state index in [0.717, 1.165) is 16.8 Å². The summed E-state index contributed by atoms with van der Waals surface area (Å²) in [7, 11) is 1.62. The van der Waals surface area contributed by atoms with Crippen molar-refractivity contribution in [2.75, 3.05) is 12.4 Å². The summed E-state index contributed by atoms with van der Waals surface area (Å²) < 4.78 is 24.9. The average molecular weight is 422 g/mol. The Morgan fingerprint density at radius 3 is 2.57 bits per heavy atom. The molecule has 152 valence electrons. The smallest absolute Gasteiger partial charge is 0.161 e. The lowest BCUT2D eigenvalue weighted by atomic mass is 10.1. The van der Waals surface area contributed by atoms with Gasteiger partial charge in [0, 0.05) is 12.2 Å². The number of ether oxygens (including phenoxy) is 2. The molecule has 5 heteroatoms. The zero-order valence-corrected chi connectivity index (χ0v) is 17.2. The molecule has 3 nitrogen and oxygen atoms in total. The highest BCUT2D eigenvalue weighted by molar-refractivity contribution is 6.31. The number of hydrogen-bond acceptors (Lipinski definition) is 3. The number of benzene rings is 4. The summed E-state index contributed by atoms with van der Waals surface area (Å²) in [6.07, 6.45) is 0. The van der Waals surface area contributed by atoms with Crippen LogP contribution < -0.4 is 14.8 Å². The van der Waals surface area contributed by atoms with Gasteiger partial charge in [0.15, 0.2) is 11.5 Å². The molecule has 0 aliphatic heterocycles. The van der Waals surface area contributed by atoms with E-state index in [2.05, 4.69) is 29.6 Å². The van der Waals surface area contributed by atoms with Crippen molar-refractivity contribution in [1.29, 1.82) is 0 Å². The molecule has 0 aliphatic rings. The number of anilines is 1. The molecule has 0 bridgehead atoms. The maximum absolute atomic E-state index is 13.3. The van der Waals surface area contributed by atoms with Crippen molar-refractivity contribution in [1.82, 2.24) is 0 Å². The van der Waals surface area contributed by atoms with E-state index in [4.69, 9.17) is 21.1 Å². The van der Waals surface area contributed by atoms with Gasteiger partial charge in [-0.25, -0.2) is 4.39 Å². The summed E-state index contributed by atoms with van der Waals surface area (Å²) in [5.74, 6) is 0.905. The number of nitrogens with one attached hydrogen (secondary N) is 1. The van der Waals surface area contributed by atoms with Gasteiger partial charge in [-0.3, -0.25) is 0 Å². The van der Waals surface area contributed by atoms with Gasteiger partial charge in [0.2, 0.25) is 0 Å². The molecular weight excluding hydrogens is 401 g/mol. The van der Waals surface area contributed by atoms with E-state index in [1.165, 1.54) is 16.8 Å². The summed E-state index contributed by atoms with van der Waals surface area (Å²) >= 11 is 5.83. The Morgan fingerprint density at radius 1 is 0.900 bits per heavy atom. The molecule has 0 aliphatic carbocycles. The lowest BCUT2D eigenvalue weighted by Gasteiger charge is -2.14. The van der Waals surface area contributed by atoms with Gasteiger partial charge in [0.05, 0.1) is 12.1 Å². The monoisotopic (exact) mass is 421 g/mol. The molecule has 0 unspecified atom stereocenters. The minimum absolute atomic E-state index is 0.0924. The molecule has 0 fully saturated rings. The Labute approximate surface area is 180 Å². The van der Waals surface area contributed by atoms with Gasteiger partial charge >= 0.3 is 0 Å². The first-order chi connectivity index (χ1) is 14.6. The lowest BCUT2D eigenvalue weighted by molar-refractivity contribution is 0.285. The Kier molecular flexibility index (Phi) is 6.05. The van der Waals surface area contributed by atoms with Crippen LogP contribution in [0.1, 0.15) is 11.1 Å². The maximum Gasteiger partial charge on any atom is 0.161 e. The first-order valence-corrected chi connectivity index (χ1v) is 9.97. The highest BCUT2D eigenvalue weighted by atomic mass is 35.5. The minimum Gasteiger partial charge on any atom is -0.493 e. The van der Waals surface area contributed by atoms with Crippen LogP contribution in [0.15, 0.2) is 78.9 Å². The van der Waals surface area contributed by atoms with E-state index < -0.39 is 5.82 Å². The molecule has 4 rings (SSSR count). The van der Waals surface area contributed by atoms with Gasteiger partial charge in [0.1, 0.15) is 12.4 Å². The van der Waals surface area contributed by atoms with Crippen LogP contribution in [-0.4, -0.2) is 7.11 Å². The Morgan fingerprint density at radius 2 is 1.73 bits per heavy atom. The van der Waals surface area contributed by atoms with Gasteiger partial charge in [-0.1, -0.05) is 60.1 Å². The SMILES string of the molecule is COc1cc(CNc2ccc(F)c(Cl)c2)ccc1OCc1cccc2ccccc12. The summed E-state index contributed by atoms with van der Waals surface area (Å²) in [6.45, 7) is 0.991. The minimum atomic E-state index is -0.434. The Balaban J connectivity index is 1.46. The topological polar surface area (TPSA) is 30.5 Å². The van der Waals surface area contributed by atoms with Crippen LogP contribution >= 0.6 is 11.6 Å². The maximum atomic E-state index is 13.3. The van der Waals surface area contributed by atoms with E-state index in [1.807, 2.05) is 36.4 Å². The molecule has 0 spiro atoms. The van der Waals surface area contributed by atoms with E-state index in [9.17, 15) is 4.39 Å². The Bertz CT molecular complexity index is 1170. The van der Waals surface area contributed by atoms with E-state index in [1.54, 1.807) is 19.2 Å². The van der Waals surface area contributed by atoms with Crippen molar-refractivity contribution in [3.8, 4) is 11.5 Å². The summed E-state index contributed by atoms with van der Waals surface area (Å²) in [4.78, 5) is 0. The highest BCUT2D eigenvalue weighted by Crippen LogP contribution is 2.30. The number of halogens is 2.